The summed E-state index contributed by atoms with van der Waals surface area (Å²) in [4.78, 5) is 12.4. The van der Waals surface area contributed by atoms with Gasteiger partial charge in [0, 0.05) is 11.3 Å². The van der Waals surface area contributed by atoms with Crippen LogP contribution in [0.1, 0.15) is 18.1 Å². The highest BCUT2D eigenvalue weighted by atomic mass is 19.3. The van der Waals surface area contributed by atoms with Crippen molar-refractivity contribution < 1.29 is 23.0 Å². The molecule has 140 valence electrons. The molecule has 0 aliphatic rings. The topological polar surface area (TPSA) is 71.3 Å². The maximum absolute atomic E-state index is 12.8. The fourth-order valence-electron chi connectivity index (χ4n) is 2.34. The van der Waals surface area contributed by atoms with Gasteiger partial charge in [-0.15, -0.1) is 0 Å². The summed E-state index contributed by atoms with van der Waals surface area (Å²) in [7, 11) is 0. The highest BCUT2D eigenvalue weighted by molar-refractivity contribution is 6.10. The zero-order valence-electron chi connectivity index (χ0n) is 14.8. The van der Waals surface area contributed by atoms with E-state index >= 15 is 0 Å². The second kappa shape index (κ2) is 9.34. The first-order valence-corrected chi connectivity index (χ1v) is 8.15. The second-order valence-electron chi connectivity index (χ2n) is 5.42. The van der Waals surface area contributed by atoms with E-state index in [-0.39, 0.29) is 29.2 Å². The molecule has 0 bridgehead atoms. The van der Waals surface area contributed by atoms with Gasteiger partial charge in [-0.3, -0.25) is 4.79 Å². The first-order valence-electron chi connectivity index (χ1n) is 8.15. The molecule has 0 radical (unpaired) electrons. The number of ether oxygens (including phenoxy) is 2. The molecule has 2 aromatic carbocycles. The number of rotatable bonds is 7. The fourth-order valence-corrected chi connectivity index (χ4v) is 2.34. The van der Waals surface area contributed by atoms with Crippen LogP contribution in [0, 0.1) is 18.3 Å². The third kappa shape index (κ3) is 5.28. The lowest BCUT2D eigenvalue weighted by molar-refractivity contribution is -0.112. The average molecular weight is 372 g/mol. The van der Waals surface area contributed by atoms with Crippen LogP contribution in [-0.4, -0.2) is 19.1 Å². The second-order valence-corrected chi connectivity index (χ2v) is 5.42. The van der Waals surface area contributed by atoms with E-state index in [4.69, 9.17) is 4.74 Å². The molecule has 0 spiro atoms. The van der Waals surface area contributed by atoms with Crippen molar-refractivity contribution in [2.45, 2.75) is 20.5 Å². The van der Waals surface area contributed by atoms with Crippen molar-refractivity contribution in [1.29, 1.82) is 5.26 Å². The van der Waals surface area contributed by atoms with Gasteiger partial charge in [-0.05, 0) is 37.6 Å². The Morgan fingerprint density at radius 3 is 2.63 bits per heavy atom. The van der Waals surface area contributed by atoms with E-state index in [2.05, 4.69) is 10.1 Å². The lowest BCUT2D eigenvalue weighted by Crippen LogP contribution is -2.14. The molecule has 1 amide bonds. The number of carbonyl (C=O) groups excluding carboxylic acids is 1. The summed E-state index contributed by atoms with van der Waals surface area (Å²) >= 11 is 0. The monoisotopic (exact) mass is 372 g/mol. The van der Waals surface area contributed by atoms with E-state index in [1.165, 1.54) is 18.2 Å². The number of anilines is 1. The van der Waals surface area contributed by atoms with Crippen LogP contribution < -0.4 is 14.8 Å². The zero-order chi connectivity index (χ0) is 19.8. The number of benzene rings is 2. The van der Waals surface area contributed by atoms with Crippen molar-refractivity contribution in [2.24, 2.45) is 0 Å². The third-order valence-electron chi connectivity index (χ3n) is 3.57. The van der Waals surface area contributed by atoms with Crippen LogP contribution in [0.25, 0.3) is 6.08 Å². The number of nitriles is 1. The minimum absolute atomic E-state index is 0.100. The molecule has 1 N–H and O–H groups in total. The smallest absolute Gasteiger partial charge is 0.387 e. The predicted molar refractivity (Wildman–Crippen MR) is 97.6 cm³/mol. The molecule has 2 rings (SSSR count). The molecule has 0 aliphatic heterocycles. The van der Waals surface area contributed by atoms with Crippen molar-refractivity contribution in [3.8, 4) is 17.6 Å². The van der Waals surface area contributed by atoms with Gasteiger partial charge in [0.25, 0.3) is 5.91 Å². The van der Waals surface area contributed by atoms with Gasteiger partial charge in [0.05, 0.1) is 6.61 Å². The SMILES string of the molecule is CCOc1cccc(/C=C(\C#N)C(=O)Nc2ccccc2C)c1OC(F)F. The van der Waals surface area contributed by atoms with Crippen LogP contribution >= 0.6 is 0 Å². The van der Waals surface area contributed by atoms with Crippen molar-refractivity contribution >= 4 is 17.7 Å². The standard InChI is InChI=1S/C20H18F2N2O3/c1-3-26-17-10-6-8-14(18(17)27-20(21)22)11-15(12-23)19(25)24-16-9-5-4-7-13(16)2/h4-11,20H,3H2,1-2H3,(H,24,25)/b15-11+. The van der Waals surface area contributed by atoms with Crippen molar-refractivity contribution in [1.82, 2.24) is 0 Å². The van der Waals surface area contributed by atoms with Crippen LogP contribution in [0.4, 0.5) is 14.5 Å². The molecule has 0 fully saturated rings. The van der Waals surface area contributed by atoms with Gasteiger partial charge in [-0.25, -0.2) is 0 Å². The minimum atomic E-state index is -3.08. The van der Waals surface area contributed by atoms with Crippen LogP contribution in [-0.2, 0) is 4.79 Å². The Hall–Kier alpha value is -3.40. The van der Waals surface area contributed by atoms with Gasteiger partial charge in [-0.2, -0.15) is 14.0 Å². The number of halogens is 2. The van der Waals surface area contributed by atoms with Gasteiger partial charge in [-0.1, -0.05) is 30.3 Å². The normalized spacial score (nSPS) is 11.0. The highest BCUT2D eigenvalue weighted by Crippen LogP contribution is 2.34. The van der Waals surface area contributed by atoms with Crippen LogP contribution in [0.3, 0.4) is 0 Å². The summed E-state index contributed by atoms with van der Waals surface area (Å²) in [5.41, 5.74) is 1.25. The number of alkyl halides is 2. The predicted octanol–water partition coefficient (Wildman–Crippen LogP) is 4.54. The number of nitrogens with zero attached hydrogens (tertiary/aromatic N) is 1. The minimum Gasteiger partial charge on any atom is -0.490 e. The van der Waals surface area contributed by atoms with Crippen LogP contribution in [0.2, 0.25) is 0 Å². The van der Waals surface area contributed by atoms with E-state index in [0.717, 1.165) is 5.56 Å². The number of hydrogen-bond donors (Lipinski definition) is 1. The molecular weight excluding hydrogens is 354 g/mol. The number of hydrogen-bond acceptors (Lipinski definition) is 4. The summed E-state index contributed by atoms with van der Waals surface area (Å²) in [5.74, 6) is -0.787. The Bertz CT molecular complexity index is 889. The Kier molecular flexibility index (Phi) is 6.89. The largest absolute Gasteiger partial charge is 0.490 e. The van der Waals surface area contributed by atoms with Gasteiger partial charge >= 0.3 is 6.61 Å². The number of para-hydroxylation sites is 2. The van der Waals surface area contributed by atoms with Crippen molar-refractivity contribution in [2.75, 3.05) is 11.9 Å². The van der Waals surface area contributed by atoms with Gasteiger partial charge in [0.2, 0.25) is 0 Å². The van der Waals surface area contributed by atoms with E-state index in [9.17, 15) is 18.8 Å². The van der Waals surface area contributed by atoms with E-state index in [0.29, 0.717) is 5.69 Å². The molecule has 0 aromatic heterocycles. The van der Waals surface area contributed by atoms with Gasteiger partial charge in [0.15, 0.2) is 11.5 Å². The Balaban J connectivity index is 2.39. The third-order valence-corrected chi connectivity index (χ3v) is 3.57. The molecule has 0 saturated carbocycles. The van der Waals surface area contributed by atoms with Gasteiger partial charge in [0.1, 0.15) is 11.6 Å². The fraction of sp³-hybridized carbons (Fsp3) is 0.200. The van der Waals surface area contributed by atoms with E-state index in [1.807, 2.05) is 19.1 Å². The number of amides is 1. The maximum Gasteiger partial charge on any atom is 0.387 e. The van der Waals surface area contributed by atoms with Crippen LogP contribution in [0.5, 0.6) is 11.5 Å². The molecule has 0 saturated heterocycles. The van der Waals surface area contributed by atoms with Crippen LogP contribution in [0.15, 0.2) is 48.0 Å². The van der Waals surface area contributed by atoms with E-state index < -0.39 is 12.5 Å². The lowest BCUT2D eigenvalue weighted by atomic mass is 10.1. The summed E-state index contributed by atoms with van der Waals surface area (Å²) in [6.45, 7) is 0.674. The maximum atomic E-state index is 12.8. The van der Waals surface area contributed by atoms with Gasteiger partial charge < -0.3 is 14.8 Å². The molecular formula is C20H18F2N2O3. The summed E-state index contributed by atoms with van der Waals surface area (Å²) < 4.78 is 35.4. The molecule has 27 heavy (non-hydrogen) atoms. The van der Waals surface area contributed by atoms with Crippen molar-refractivity contribution in [3.05, 3.63) is 59.2 Å². The average Bonchev–Trinajstić information content (AvgIpc) is 2.63. The summed E-state index contributed by atoms with van der Waals surface area (Å²) in [6.07, 6.45) is 1.19. The molecule has 0 atom stereocenters. The lowest BCUT2D eigenvalue weighted by Gasteiger charge is -2.14. The molecule has 5 nitrogen and oxygen atoms in total. The quantitative estimate of drug-likeness (QED) is 0.572. The molecule has 0 unspecified atom stereocenters. The summed E-state index contributed by atoms with van der Waals surface area (Å²) in [5, 5.41) is 12.0. The Morgan fingerprint density at radius 1 is 1.26 bits per heavy atom. The highest BCUT2D eigenvalue weighted by Gasteiger charge is 2.17. The molecule has 0 aliphatic carbocycles. The van der Waals surface area contributed by atoms with E-state index in [1.54, 1.807) is 31.2 Å². The molecule has 7 heteroatoms. The Morgan fingerprint density at radius 2 is 2.00 bits per heavy atom. The Labute approximate surface area is 155 Å². The van der Waals surface area contributed by atoms with Crippen molar-refractivity contribution in [3.63, 3.8) is 0 Å². The zero-order valence-corrected chi connectivity index (χ0v) is 14.8. The first kappa shape index (κ1) is 19.9. The number of carbonyl (C=O) groups is 1. The molecule has 0 heterocycles. The number of aryl methyl sites for hydroxylation is 1. The first-order chi connectivity index (χ1) is 13.0. The summed E-state index contributed by atoms with van der Waals surface area (Å²) in [6, 6.07) is 13.3. The molecule has 2 aromatic rings. The number of nitrogens with one attached hydrogen (secondary N) is 1.